The molecule has 0 radical (unpaired) electrons. The Bertz CT molecular complexity index is 243. The van der Waals surface area contributed by atoms with Gasteiger partial charge in [0.25, 0.3) is 5.52 Å². The van der Waals surface area contributed by atoms with E-state index in [9.17, 15) is 9.36 Å². The Hall–Kier alpha value is -0.440. The first kappa shape index (κ1) is 10.6. The van der Waals surface area contributed by atoms with Crippen molar-refractivity contribution in [2.45, 2.75) is 20.8 Å². The Balaban J connectivity index is 4.82. The van der Waals surface area contributed by atoms with Crippen LogP contribution in [0.5, 0.6) is 0 Å². The summed E-state index contributed by atoms with van der Waals surface area (Å²) in [5, 5.41) is 0. The second-order valence-electron chi connectivity index (χ2n) is 2.47. The highest BCUT2D eigenvalue weighted by molar-refractivity contribution is 7.70. The molecule has 0 atom stereocenters. The van der Waals surface area contributed by atoms with Crippen LogP contribution in [0, 0.1) is 0 Å². The molecule has 0 aromatic carbocycles. The van der Waals surface area contributed by atoms with Gasteiger partial charge in [-0.1, -0.05) is 5.57 Å². The summed E-state index contributed by atoms with van der Waals surface area (Å²) in [7, 11) is -4.56. The number of hydrogen-bond acceptors (Lipinski definition) is 2. The van der Waals surface area contributed by atoms with Gasteiger partial charge in [0, 0.05) is 5.57 Å². The van der Waals surface area contributed by atoms with Gasteiger partial charge in [0.1, 0.15) is 0 Å². The van der Waals surface area contributed by atoms with Crippen molar-refractivity contribution in [2.75, 3.05) is 0 Å². The molecule has 0 saturated carbocycles. The van der Waals surface area contributed by atoms with Crippen molar-refractivity contribution in [2.24, 2.45) is 0 Å². The van der Waals surface area contributed by atoms with Crippen molar-refractivity contribution in [1.82, 2.24) is 0 Å². The topological polar surface area (TPSA) is 74.6 Å². The van der Waals surface area contributed by atoms with E-state index in [4.69, 9.17) is 9.79 Å². The second kappa shape index (κ2) is 3.30. The van der Waals surface area contributed by atoms with E-state index in [2.05, 4.69) is 0 Å². The van der Waals surface area contributed by atoms with Crippen molar-refractivity contribution >= 4 is 13.1 Å². The molecule has 0 amide bonds. The molecule has 11 heavy (non-hydrogen) atoms. The van der Waals surface area contributed by atoms with Crippen molar-refractivity contribution in [3.05, 3.63) is 11.1 Å². The highest BCUT2D eigenvalue weighted by atomic mass is 31.2. The predicted octanol–water partition coefficient (Wildman–Crippen LogP) is 1.05. The second-order valence-corrected chi connectivity index (χ2v) is 3.97. The van der Waals surface area contributed by atoms with Gasteiger partial charge < -0.3 is 9.79 Å². The van der Waals surface area contributed by atoms with Gasteiger partial charge in [-0.25, -0.2) is 0 Å². The molecule has 2 N–H and O–H groups in total. The third-order valence-electron chi connectivity index (χ3n) is 1.34. The summed E-state index contributed by atoms with van der Waals surface area (Å²) in [5.74, 6) is 0. The Labute approximate surface area is 65.1 Å². The van der Waals surface area contributed by atoms with Gasteiger partial charge in [-0.05, 0) is 20.8 Å². The predicted molar refractivity (Wildman–Crippen MR) is 41.1 cm³/mol. The Kier molecular flexibility index (Phi) is 3.17. The quantitative estimate of drug-likeness (QED) is 0.489. The minimum atomic E-state index is -4.56. The number of carbonyl (C=O) groups is 1. The molecule has 0 saturated heterocycles. The van der Waals surface area contributed by atoms with E-state index in [1.165, 1.54) is 6.92 Å². The van der Waals surface area contributed by atoms with Crippen LogP contribution in [0.15, 0.2) is 11.1 Å². The summed E-state index contributed by atoms with van der Waals surface area (Å²) in [6.07, 6.45) is 0. The molecule has 0 fully saturated rings. The number of allylic oxidation sites excluding steroid dienone is 2. The van der Waals surface area contributed by atoms with Crippen LogP contribution in [-0.2, 0) is 9.36 Å². The van der Waals surface area contributed by atoms with E-state index >= 15 is 0 Å². The van der Waals surface area contributed by atoms with Gasteiger partial charge in [0.2, 0.25) is 0 Å². The van der Waals surface area contributed by atoms with E-state index in [0.717, 1.165) is 0 Å². The van der Waals surface area contributed by atoms with Gasteiger partial charge in [-0.2, -0.15) is 0 Å². The Morgan fingerprint density at radius 1 is 1.18 bits per heavy atom. The van der Waals surface area contributed by atoms with Crippen LogP contribution >= 0.6 is 7.60 Å². The fourth-order valence-corrected chi connectivity index (χ4v) is 1.09. The first-order valence-corrected chi connectivity index (χ1v) is 4.62. The molecule has 0 unspecified atom stereocenters. The molecule has 0 heterocycles. The minimum absolute atomic E-state index is 0.137. The van der Waals surface area contributed by atoms with E-state index in [0.29, 0.717) is 5.57 Å². The SMILES string of the molecule is CC(C)=C(C)C(=O)P(=O)(O)O. The van der Waals surface area contributed by atoms with Gasteiger partial charge in [0.15, 0.2) is 0 Å². The van der Waals surface area contributed by atoms with Crippen LogP contribution in [0.4, 0.5) is 0 Å². The smallest absolute Gasteiger partial charge is 0.319 e. The lowest BCUT2D eigenvalue weighted by Crippen LogP contribution is -2.01. The number of carbonyl (C=O) groups excluding carboxylic acids is 1. The summed E-state index contributed by atoms with van der Waals surface area (Å²) >= 11 is 0. The summed E-state index contributed by atoms with van der Waals surface area (Å²) in [6.45, 7) is 4.66. The highest BCUT2D eigenvalue weighted by Gasteiger charge is 2.27. The summed E-state index contributed by atoms with van der Waals surface area (Å²) < 4.78 is 10.4. The maximum atomic E-state index is 10.8. The molecule has 0 aliphatic heterocycles. The number of rotatable bonds is 2. The zero-order chi connectivity index (χ0) is 9.23. The van der Waals surface area contributed by atoms with Gasteiger partial charge >= 0.3 is 7.60 Å². The van der Waals surface area contributed by atoms with Crippen LogP contribution in [0.3, 0.4) is 0 Å². The fraction of sp³-hybridized carbons (Fsp3) is 0.500. The Morgan fingerprint density at radius 3 is 1.64 bits per heavy atom. The van der Waals surface area contributed by atoms with E-state index in [1.54, 1.807) is 13.8 Å². The zero-order valence-electron chi connectivity index (χ0n) is 6.66. The first-order chi connectivity index (χ1) is 4.76. The molecule has 0 aromatic rings. The summed E-state index contributed by atoms with van der Waals surface area (Å²) in [6, 6.07) is 0. The standard InChI is InChI=1S/C6H11O4P/c1-4(2)5(3)6(7)11(8,9)10/h1-3H3,(H2,8,9,10). The monoisotopic (exact) mass is 178 g/mol. The largest absolute Gasteiger partial charge is 0.396 e. The summed E-state index contributed by atoms with van der Waals surface area (Å²) in [5.41, 5.74) is -0.325. The lowest BCUT2D eigenvalue weighted by Gasteiger charge is -2.03. The molecule has 0 spiro atoms. The molecule has 0 rings (SSSR count). The van der Waals surface area contributed by atoms with Crippen molar-refractivity contribution in [3.63, 3.8) is 0 Å². The molecule has 0 aromatic heterocycles. The van der Waals surface area contributed by atoms with Crippen LogP contribution in [0.25, 0.3) is 0 Å². The lowest BCUT2D eigenvalue weighted by atomic mass is 10.2. The van der Waals surface area contributed by atoms with Crippen molar-refractivity contribution in [3.8, 4) is 0 Å². The average molecular weight is 178 g/mol. The highest BCUT2D eigenvalue weighted by Crippen LogP contribution is 2.39. The molecule has 0 bridgehead atoms. The molecular formula is C6H11O4P. The lowest BCUT2D eigenvalue weighted by molar-refractivity contribution is -0.110. The molecule has 64 valence electrons. The van der Waals surface area contributed by atoms with E-state index in [1.807, 2.05) is 0 Å². The maximum Gasteiger partial charge on any atom is 0.396 e. The third kappa shape index (κ3) is 2.97. The van der Waals surface area contributed by atoms with Crippen molar-refractivity contribution < 1.29 is 19.1 Å². The van der Waals surface area contributed by atoms with Crippen molar-refractivity contribution in [1.29, 1.82) is 0 Å². The third-order valence-corrected chi connectivity index (χ3v) is 2.20. The number of hydrogen-bond donors (Lipinski definition) is 2. The molecular weight excluding hydrogens is 167 g/mol. The normalized spacial score (nSPS) is 11.0. The molecule has 5 heteroatoms. The average Bonchev–Trinajstić information content (AvgIpc) is 1.82. The van der Waals surface area contributed by atoms with Crippen LogP contribution in [0.2, 0.25) is 0 Å². The van der Waals surface area contributed by atoms with Gasteiger partial charge in [-0.15, -0.1) is 0 Å². The van der Waals surface area contributed by atoms with Crippen LogP contribution in [-0.4, -0.2) is 15.3 Å². The van der Waals surface area contributed by atoms with Gasteiger partial charge in [0.05, 0.1) is 0 Å². The van der Waals surface area contributed by atoms with Gasteiger partial charge in [-0.3, -0.25) is 9.36 Å². The molecule has 0 aliphatic carbocycles. The minimum Gasteiger partial charge on any atom is -0.319 e. The first-order valence-electron chi connectivity index (χ1n) is 3.01. The Morgan fingerprint density at radius 2 is 1.55 bits per heavy atom. The van der Waals surface area contributed by atoms with Crippen LogP contribution < -0.4 is 0 Å². The fourth-order valence-electron chi connectivity index (χ4n) is 0.432. The van der Waals surface area contributed by atoms with Crippen LogP contribution in [0.1, 0.15) is 20.8 Å². The molecule has 0 aliphatic rings. The van der Waals surface area contributed by atoms with E-state index < -0.39 is 13.1 Å². The molecule has 4 nitrogen and oxygen atoms in total. The zero-order valence-corrected chi connectivity index (χ0v) is 7.55. The maximum absolute atomic E-state index is 10.8. The summed E-state index contributed by atoms with van der Waals surface area (Å²) in [4.78, 5) is 27.7. The van der Waals surface area contributed by atoms with E-state index in [-0.39, 0.29) is 5.57 Å².